The first-order chi connectivity index (χ1) is 8.11. The molecule has 0 fully saturated rings. The predicted molar refractivity (Wildman–Crippen MR) is 63.5 cm³/mol. The molecule has 0 unspecified atom stereocenters. The molecule has 0 aliphatic rings. The zero-order valence-corrected chi connectivity index (χ0v) is 10.7. The minimum Gasteiger partial charge on any atom is -0.296 e. The lowest BCUT2D eigenvalue weighted by Crippen LogP contribution is -2.06. The Morgan fingerprint density at radius 3 is 2.65 bits per heavy atom. The molecule has 0 saturated heterocycles. The van der Waals surface area contributed by atoms with Crippen LogP contribution in [0.2, 0.25) is 0 Å². The number of aryl methyl sites for hydroxylation is 1. The van der Waals surface area contributed by atoms with Crippen molar-refractivity contribution in [2.75, 3.05) is 0 Å². The fraction of sp³-hybridized carbons (Fsp3) is 0.500. The lowest BCUT2D eigenvalue weighted by atomic mass is 10.1. The highest BCUT2D eigenvalue weighted by Gasteiger charge is 2.17. The van der Waals surface area contributed by atoms with E-state index in [-0.39, 0.29) is 0 Å². The molecule has 0 aromatic carbocycles. The Labute approximate surface area is 103 Å². The van der Waals surface area contributed by atoms with Crippen molar-refractivity contribution in [2.45, 2.75) is 27.2 Å². The smallest absolute Gasteiger partial charge is 0.234 e. The predicted octanol–water partition coefficient (Wildman–Crippen LogP) is 1.44. The van der Waals surface area contributed by atoms with Crippen LogP contribution in [-0.2, 0) is 6.42 Å². The first-order valence-electron chi connectivity index (χ1n) is 5.32. The lowest BCUT2D eigenvalue weighted by Gasteiger charge is -2.05. The summed E-state index contributed by atoms with van der Waals surface area (Å²) in [5, 5.41) is 17.3. The highest BCUT2D eigenvalue weighted by Crippen LogP contribution is 2.18. The largest absolute Gasteiger partial charge is 0.296 e. The first kappa shape index (κ1) is 11.8. The molecule has 0 amide bonds. The van der Waals surface area contributed by atoms with Gasteiger partial charge in [0.2, 0.25) is 5.13 Å². The van der Waals surface area contributed by atoms with E-state index in [2.05, 4.69) is 34.4 Å². The number of nitrogens with zero attached hydrogens (tertiary/aromatic N) is 5. The van der Waals surface area contributed by atoms with Crippen molar-refractivity contribution in [2.24, 2.45) is 5.92 Å². The molecular weight excluding hydrogens is 238 g/mol. The Kier molecular flexibility index (Phi) is 3.28. The topological polar surface area (TPSA) is 73.6 Å². The summed E-state index contributed by atoms with van der Waals surface area (Å²) < 4.78 is 1.61. The second kappa shape index (κ2) is 4.70. The lowest BCUT2D eigenvalue weighted by molar-refractivity contribution is 0.111. The van der Waals surface area contributed by atoms with Crippen molar-refractivity contribution in [3.63, 3.8) is 0 Å². The number of aromatic nitrogens is 5. The van der Waals surface area contributed by atoms with Gasteiger partial charge in [-0.05, 0) is 19.3 Å². The van der Waals surface area contributed by atoms with Crippen molar-refractivity contribution in [3.05, 3.63) is 16.4 Å². The van der Waals surface area contributed by atoms with Gasteiger partial charge in [-0.15, -0.1) is 15.3 Å². The van der Waals surface area contributed by atoms with Gasteiger partial charge >= 0.3 is 0 Å². The monoisotopic (exact) mass is 251 g/mol. The summed E-state index contributed by atoms with van der Waals surface area (Å²) in [6.07, 6.45) is 1.47. The normalized spacial score (nSPS) is 11.1. The summed E-state index contributed by atoms with van der Waals surface area (Å²) >= 11 is 1.43. The second-order valence-electron chi connectivity index (χ2n) is 4.15. The minimum absolute atomic E-state index is 0.381. The third kappa shape index (κ3) is 2.38. The Hall–Kier alpha value is -1.63. The Morgan fingerprint density at radius 2 is 2.12 bits per heavy atom. The Morgan fingerprint density at radius 1 is 1.35 bits per heavy atom. The average molecular weight is 251 g/mol. The fourth-order valence-electron chi connectivity index (χ4n) is 1.51. The molecule has 0 radical (unpaired) electrons. The molecule has 2 aromatic rings. The van der Waals surface area contributed by atoms with Gasteiger partial charge in [0.15, 0.2) is 6.29 Å². The highest BCUT2D eigenvalue weighted by molar-refractivity contribution is 7.13. The van der Waals surface area contributed by atoms with Gasteiger partial charge in [0.25, 0.3) is 0 Å². The van der Waals surface area contributed by atoms with E-state index in [0.29, 0.717) is 16.7 Å². The standard InChI is InChI=1S/C10H13N5OS/c1-6(2)4-9-8(5-16)12-14-15(9)10-13-11-7(3)17-10/h5-6H,4H2,1-3H3. The summed E-state index contributed by atoms with van der Waals surface area (Å²) in [6, 6.07) is 0. The third-order valence-electron chi connectivity index (χ3n) is 2.20. The maximum atomic E-state index is 10.9. The maximum absolute atomic E-state index is 10.9. The first-order valence-corrected chi connectivity index (χ1v) is 6.13. The SMILES string of the molecule is Cc1nnc(-n2nnc(C=O)c2CC(C)C)s1. The molecule has 17 heavy (non-hydrogen) atoms. The van der Waals surface area contributed by atoms with Crippen LogP contribution in [-0.4, -0.2) is 31.5 Å². The van der Waals surface area contributed by atoms with Crippen molar-refractivity contribution in [3.8, 4) is 5.13 Å². The molecule has 0 bridgehead atoms. The maximum Gasteiger partial charge on any atom is 0.234 e. The van der Waals surface area contributed by atoms with Crippen LogP contribution in [0, 0.1) is 12.8 Å². The molecular formula is C10H13N5OS. The second-order valence-corrected chi connectivity index (χ2v) is 5.31. The molecule has 6 nitrogen and oxygen atoms in total. The van der Waals surface area contributed by atoms with Crippen LogP contribution in [0.15, 0.2) is 0 Å². The molecule has 0 spiro atoms. The van der Waals surface area contributed by atoms with Crippen LogP contribution in [0.1, 0.15) is 35.0 Å². The molecule has 2 heterocycles. The van der Waals surface area contributed by atoms with Crippen LogP contribution < -0.4 is 0 Å². The number of hydrogen-bond acceptors (Lipinski definition) is 6. The zero-order chi connectivity index (χ0) is 12.4. The molecule has 2 rings (SSSR count). The van der Waals surface area contributed by atoms with Crippen molar-refractivity contribution in [1.82, 2.24) is 25.2 Å². The average Bonchev–Trinajstić information content (AvgIpc) is 2.84. The minimum atomic E-state index is 0.381. The summed E-state index contributed by atoms with van der Waals surface area (Å²) in [6.45, 7) is 6.04. The van der Waals surface area contributed by atoms with Gasteiger partial charge in [-0.1, -0.05) is 30.4 Å². The summed E-state index contributed by atoms with van der Waals surface area (Å²) in [5.74, 6) is 0.417. The molecule has 0 aliphatic heterocycles. The van der Waals surface area contributed by atoms with E-state index in [9.17, 15) is 4.79 Å². The zero-order valence-electron chi connectivity index (χ0n) is 9.91. The van der Waals surface area contributed by atoms with Crippen LogP contribution in [0.5, 0.6) is 0 Å². The van der Waals surface area contributed by atoms with Gasteiger partial charge < -0.3 is 0 Å². The van der Waals surface area contributed by atoms with E-state index in [1.54, 1.807) is 4.68 Å². The summed E-state index contributed by atoms with van der Waals surface area (Å²) in [7, 11) is 0. The number of hydrogen-bond donors (Lipinski definition) is 0. The van der Waals surface area contributed by atoms with Gasteiger partial charge in [0.05, 0.1) is 5.69 Å². The third-order valence-corrected chi connectivity index (χ3v) is 3.02. The van der Waals surface area contributed by atoms with E-state index in [1.165, 1.54) is 11.3 Å². The number of rotatable bonds is 4. The van der Waals surface area contributed by atoms with E-state index >= 15 is 0 Å². The van der Waals surface area contributed by atoms with Gasteiger partial charge in [0.1, 0.15) is 10.7 Å². The Balaban J connectivity index is 2.46. The number of aldehydes is 1. The number of carbonyl (C=O) groups is 1. The van der Waals surface area contributed by atoms with Gasteiger partial charge in [0, 0.05) is 0 Å². The molecule has 0 N–H and O–H groups in total. The molecule has 0 atom stereocenters. The van der Waals surface area contributed by atoms with Crippen LogP contribution >= 0.6 is 11.3 Å². The highest BCUT2D eigenvalue weighted by atomic mass is 32.1. The van der Waals surface area contributed by atoms with Gasteiger partial charge in [-0.25, -0.2) is 0 Å². The van der Waals surface area contributed by atoms with Gasteiger partial charge in [-0.2, -0.15) is 4.68 Å². The number of carbonyl (C=O) groups excluding carboxylic acids is 1. The van der Waals surface area contributed by atoms with Gasteiger partial charge in [-0.3, -0.25) is 4.79 Å². The van der Waals surface area contributed by atoms with Crippen LogP contribution in [0.25, 0.3) is 5.13 Å². The molecule has 90 valence electrons. The van der Waals surface area contributed by atoms with E-state index in [4.69, 9.17) is 0 Å². The van der Waals surface area contributed by atoms with E-state index in [0.717, 1.165) is 23.4 Å². The van der Waals surface area contributed by atoms with Crippen LogP contribution in [0.3, 0.4) is 0 Å². The summed E-state index contributed by atoms with van der Waals surface area (Å²) in [5.41, 5.74) is 1.18. The van der Waals surface area contributed by atoms with Crippen LogP contribution in [0.4, 0.5) is 0 Å². The molecule has 0 aliphatic carbocycles. The summed E-state index contributed by atoms with van der Waals surface area (Å²) in [4.78, 5) is 10.9. The van der Waals surface area contributed by atoms with Crippen molar-refractivity contribution < 1.29 is 4.79 Å². The molecule has 0 saturated carbocycles. The molecule has 7 heteroatoms. The fourth-order valence-corrected chi connectivity index (χ4v) is 2.17. The van der Waals surface area contributed by atoms with Crippen molar-refractivity contribution in [1.29, 1.82) is 0 Å². The van der Waals surface area contributed by atoms with Crippen molar-refractivity contribution >= 4 is 17.6 Å². The van der Waals surface area contributed by atoms with E-state index in [1.807, 2.05) is 6.92 Å². The Bertz CT molecular complexity index is 531. The molecule has 2 aromatic heterocycles. The quantitative estimate of drug-likeness (QED) is 0.769. The van der Waals surface area contributed by atoms with E-state index < -0.39 is 0 Å².